The topological polar surface area (TPSA) is 20.3 Å². The van der Waals surface area contributed by atoms with E-state index in [9.17, 15) is 18.0 Å². The number of nitrogens with zero attached hydrogens (tertiary/aromatic N) is 1. The smallest absolute Gasteiger partial charge is 0.307 e. The van der Waals surface area contributed by atoms with Gasteiger partial charge in [-0.05, 0) is 28.8 Å². The van der Waals surface area contributed by atoms with Crippen LogP contribution in [0.3, 0.4) is 0 Å². The molecule has 0 N–H and O–H groups in total. The van der Waals surface area contributed by atoms with E-state index >= 15 is 0 Å². The van der Waals surface area contributed by atoms with Gasteiger partial charge in [0, 0.05) is 5.69 Å². The fraction of sp³-hybridized carbons (Fsp3) is 0.136. The number of hydrogen-bond donors (Lipinski definition) is 0. The molecule has 0 radical (unpaired) electrons. The second-order valence-corrected chi connectivity index (χ2v) is 6.53. The summed E-state index contributed by atoms with van der Waals surface area (Å²) in [6.45, 7) is 0.381. The Morgan fingerprint density at radius 2 is 1.56 bits per heavy atom. The van der Waals surface area contributed by atoms with Crippen LogP contribution >= 0.6 is 0 Å². The third-order valence-electron chi connectivity index (χ3n) is 4.78. The fourth-order valence-corrected chi connectivity index (χ4v) is 3.53. The number of rotatable bonds is 3. The van der Waals surface area contributed by atoms with E-state index in [0.717, 1.165) is 28.9 Å². The van der Waals surface area contributed by atoms with Crippen LogP contribution in [-0.4, -0.2) is 5.91 Å². The van der Waals surface area contributed by atoms with Crippen molar-refractivity contribution in [2.45, 2.75) is 18.6 Å². The van der Waals surface area contributed by atoms with Crippen LogP contribution < -0.4 is 4.90 Å². The van der Waals surface area contributed by atoms with Crippen molar-refractivity contribution in [3.8, 4) is 0 Å². The summed E-state index contributed by atoms with van der Waals surface area (Å²) in [5, 5.41) is 0. The van der Waals surface area contributed by atoms with E-state index in [1.807, 2.05) is 48.5 Å². The largest absolute Gasteiger partial charge is 0.416 e. The molecule has 1 aliphatic heterocycles. The maximum atomic E-state index is 13.2. The number of halogens is 3. The molecule has 1 unspecified atom stereocenters. The van der Waals surface area contributed by atoms with Crippen molar-refractivity contribution in [2.24, 2.45) is 0 Å². The van der Waals surface area contributed by atoms with Crippen LogP contribution in [0.15, 0.2) is 78.9 Å². The summed E-state index contributed by atoms with van der Waals surface area (Å²) < 4.78 is 39.4. The fourth-order valence-electron chi connectivity index (χ4n) is 3.53. The van der Waals surface area contributed by atoms with Crippen molar-refractivity contribution in [1.82, 2.24) is 0 Å². The second-order valence-electron chi connectivity index (χ2n) is 6.53. The van der Waals surface area contributed by atoms with Crippen molar-refractivity contribution in [3.63, 3.8) is 0 Å². The molecule has 0 aromatic heterocycles. The molecule has 27 heavy (non-hydrogen) atoms. The predicted molar refractivity (Wildman–Crippen MR) is 97.4 cm³/mol. The number of amides is 1. The lowest BCUT2D eigenvalue weighted by Crippen LogP contribution is -2.28. The van der Waals surface area contributed by atoms with E-state index < -0.39 is 17.7 Å². The molecule has 1 heterocycles. The van der Waals surface area contributed by atoms with Crippen molar-refractivity contribution in [2.75, 3.05) is 4.90 Å². The summed E-state index contributed by atoms with van der Waals surface area (Å²) in [6.07, 6.45) is -4.44. The van der Waals surface area contributed by atoms with Crippen molar-refractivity contribution < 1.29 is 18.0 Å². The number of carbonyl (C=O) groups excluding carboxylic acids is 1. The molecule has 0 spiro atoms. The zero-order valence-electron chi connectivity index (χ0n) is 14.3. The normalized spacial score (nSPS) is 16.5. The molecule has 1 amide bonds. The van der Waals surface area contributed by atoms with Crippen LogP contribution in [0.2, 0.25) is 0 Å². The highest BCUT2D eigenvalue weighted by molar-refractivity contribution is 6.06. The summed E-state index contributed by atoms with van der Waals surface area (Å²) in [4.78, 5) is 14.8. The summed E-state index contributed by atoms with van der Waals surface area (Å²) in [5.74, 6) is -0.938. The minimum atomic E-state index is -4.44. The van der Waals surface area contributed by atoms with E-state index in [1.54, 1.807) is 17.0 Å². The third kappa shape index (κ3) is 3.21. The number of fused-ring (bicyclic) bond motifs is 1. The Kier molecular flexibility index (Phi) is 4.22. The molecule has 5 heteroatoms. The Hall–Kier alpha value is -3.08. The molecule has 4 rings (SSSR count). The monoisotopic (exact) mass is 367 g/mol. The van der Waals surface area contributed by atoms with Crippen molar-refractivity contribution in [1.29, 1.82) is 0 Å². The van der Waals surface area contributed by atoms with Crippen LogP contribution in [0.4, 0.5) is 18.9 Å². The van der Waals surface area contributed by atoms with Crippen molar-refractivity contribution in [3.05, 3.63) is 101 Å². The highest BCUT2D eigenvalue weighted by atomic mass is 19.4. The SMILES string of the molecule is O=C1C(c2cccc(C(F)(F)F)c2)c2ccccc2N1Cc1ccccc1. The van der Waals surface area contributed by atoms with E-state index in [-0.39, 0.29) is 5.91 Å². The highest BCUT2D eigenvalue weighted by Gasteiger charge is 2.39. The minimum absolute atomic E-state index is 0.209. The zero-order valence-corrected chi connectivity index (χ0v) is 14.3. The minimum Gasteiger partial charge on any atom is -0.307 e. The van der Waals surface area contributed by atoms with Crippen molar-refractivity contribution >= 4 is 11.6 Å². The quantitative estimate of drug-likeness (QED) is 0.608. The van der Waals surface area contributed by atoms with Gasteiger partial charge in [-0.15, -0.1) is 0 Å². The first kappa shape index (κ1) is 17.3. The van der Waals surface area contributed by atoms with E-state index in [1.165, 1.54) is 6.07 Å². The number of carbonyl (C=O) groups is 1. The standard InChI is InChI=1S/C22H16F3NO/c23-22(24,25)17-10-6-9-16(13-17)20-18-11-4-5-12-19(18)26(21(20)27)14-15-7-2-1-3-8-15/h1-13,20H,14H2. The molecule has 0 bridgehead atoms. The summed E-state index contributed by atoms with van der Waals surface area (Å²) in [7, 11) is 0. The summed E-state index contributed by atoms with van der Waals surface area (Å²) in [5.41, 5.74) is 2.06. The van der Waals surface area contributed by atoms with Crippen LogP contribution in [0, 0.1) is 0 Å². The lowest BCUT2D eigenvalue weighted by molar-refractivity contribution is -0.137. The van der Waals surface area contributed by atoms with Gasteiger partial charge in [-0.3, -0.25) is 4.79 Å². The Morgan fingerprint density at radius 1 is 0.852 bits per heavy atom. The lowest BCUT2D eigenvalue weighted by atomic mass is 9.91. The van der Waals surface area contributed by atoms with Gasteiger partial charge in [-0.2, -0.15) is 13.2 Å². The average Bonchev–Trinajstić information content (AvgIpc) is 2.94. The van der Waals surface area contributed by atoms with E-state index in [4.69, 9.17) is 0 Å². The van der Waals surface area contributed by atoms with Gasteiger partial charge in [0.15, 0.2) is 0 Å². The number of hydrogen-bond acceptors (Lipinski definition) is 1. The molecule has 3 aromatic rings. The zero-order chi connectivity index (χ0) is 19.0. The predicted octanol–water partition coefficient (Wildman–Crippen LogP) is 5.38. The first-order valence-electron chi connectivity index (χ1n) is 8.56. The molecule has 1 aliphatic rings. The molecule has 3 aromatic carbocycles. The summed E-state index contributed by atoms with van der Waals surface area (Å²) >= 11 is 0. The molecule has 2 nitrogen and oxygen atoms in total. The van der Waals surface area contributed by atoms with Crippen LogP contribution in [-0.2, 0) is 17.5 Å². The molecule has 0 fully saturated rings. The van der Waals surface area contributed by atoms with Gasteiger partial charge in [-0.1, -0.05) is 66.7 Å². The third-order valence-corrected chi connectivity index (χ3v) is 4.78. The number of benzene rings is 3. The molecule has 0 aliphatic carbocycles. The van der Waals surface area contributed by atoms with Gasteiger partial charge < -0.3 is 4.90 Å². The Bertz CT molecular complexity index is 982. The van der Waals surface area contributed by atoms with E-state index in [0.29, 0.717) is 12.1 Å². The average molecular weight is 367 g/mol. The molecular weight excluding hydrogens is 351 g/mol. The Labute approximate surface area is 154 Å². The molecule has 0 saturated heterocycles. The van der Waals surface area contributed by atoms with Crippen LogP contribution in [0.1, 0.15) is 28.2 Å². The molecular formula is C22H16F3NO. The first-order valence-corrected chi connectivity index (χ1v) is 8.56. The maximum absolute atomic E-state index is 13.2. The van der Waals surface area contributed by atoms with Gasteiger partial charge in [0.25, 0.3) is 0 Å². The van der Waals surface area contributed by atoms with Crippen LogP contribution in [0.5, 0.6) is 0 Å². The van der Waals surface area contributed by atoms with E-state index in [2.05, 4.69) is 0 Å². The Balaban J connectivity index is 1.76. The Morgan fingerprint density at radius 3 is 2.30 bits per heavy atom. The molecule has 136 valence electrons. The molecule has 1 atom stereocenters. The number of anilines is 1. The molecule has 0 saturated carbocycles. The van der Waals surface area contributed by atoms with Gasteiger partial charge in [0.1, 0.15) is 0 Å². The second kappa shape index (κ2) is 6.58. The number of alkyl halides is 3. The van der Waals surface area contributed by atoms with Gasteiger partial charge in [0.2, 0.25) is 5.91 Å². The van der Waals surface area contributed by atoms with Gasteiger partial charge in [-0.25, -0.2) is 0 Å². The first-order chi connectivity index (χ1) is 12.9. The van der Waals surface area contributed by atoms with Gasteiger partial charge >= 0.3 is 6.18 Å². The van der Waals surface area contributed by atoms with Gasteiger partial charge in [0.05, 0.1) is 18.0 Å². The maximum Gasteiger partial charge on any atom is 0.416 e. The lowest BCUT2D eigenvalue weighted by Gasteiger charge is -2.18. The summed E-state index contributed by atoms with van der Waals surface area (Å²) in [6, 6.07) is 21.9. The van der Waals surface area contributed by atoms with Crippen LogP contribution in [0.25, 0.3) is 0 Å². The number of para-hydroxylation sites is 1. The highest BCUT2D eigenvalue weighted by Crippen LogP contribution is 2.42.